The van der Waals surface area contributed by atoms with Crippen molar-refractivity contribution in [3.05, 3.63) is 21.9 Å². The van der Waals surface area contributed by atoms with E-state index < -0.39 is 0 Å². The lowest BCUT2D eigenvalue weighted by Gasteiger charge is -2.41. The van der Waals surface area contributed by atoms with Gasteiger partial charge in [0.1, 0.15) is 0 Å². The topological polar surface area (TPSA) is 29.3 Å². The Balaban J connectivity index is 2.99. The summed E-state index contributed by atoms with van der Waals surface area (Å²) in [6.07, 6.45) is 0. The highest BCUT2D eigenvalue weighted by Gasteiger charge is 2.31. The van der Waals surface area contributed by atoms with Crippen molar-refractivity contribution in [1.82, 2.24) is 4.90 Å². The lowest BCUT2D eigenvalue weighted by molar-refractivity contribution is 0.0883. The molecule has 18 heavy (non-hydrogen) atoms. The average Bonchev–Trinajstić information content (AvgIpc) is 2.61. The van der Waals surface area contributed by atoms with Crippen LogP contribution in [0.3, 0.4) is 0 Å². The van der Waals surface area contributed by atoms with Crippen LogP contribution < -0.4 is 5.73 Å². The number of likely N-dealkylation sites (N-methyl/N-ethyl adjacent to an activating group) is 1. The van der Waals surface area contributed by atoms with Gasteiger partial charge in [-0.15, -0.1) is 11.3 Å². The molecule has 3 atom stereocenters. The minimum absolute atomic E-state index is 0.137. The van der Waals surface area contributed by atoms with Crippen molar-refractivity contribution in [2.45, 2.75) is 59.7 Å². The molecule has 0 aliphatic carbocycles. The summed E-state index contributed by atoms with van der Waals surface area (Å²) in [5, 5.41) is 0. The van der Waals surface area contributed by atoms with Crippen LogP contribution in [0.1, 0.15) is 50.4 Å². The van der Waals surface area contributed by atoms with Gasteiger partial charge in [-0.3, -0.25) is 4.90 Å². The molecule has 0 radical (unpaired) electrons. The third-order valence-electron chi connectivity index (χ3n) is 3.85. The molecule has 0 spiro atoms. The van der Waals surface area contributed by atoms with Gasteiger partial charge in [0.25, 0.3) is 0 Å². The maximum Gasteiger partial charge on any atom is 0.0590 e. The van der Waals surface area contributed by atoms with Crippen LogP contribution in [0, 0.1) is 12.3 Å². The van der Waals surface area contributed by atoms with Gasteiger partial charge >= 0.3 is 0 Å². The normalized spacial score (nSPS) is 17.8. The highest BCUT2D eigenvalue weighted by molar-refractivity contribution is 7.12. The van der Waals surface area contributed by atoms with Gasteiger partial charge in [-0.2, -0.15) is 0 Å². The highest BCUT2D eigenvalue weighted by atomic mass is 32.1. The van der Waals surface area contributed by atoms with E-state index in [2.05, 4.69) is 65.6 Å². The highest BCUT2D eigenvalue weighted by Crippen LogP contribution is 2.34. The van der Waals surface area contributed by atoms with Crippen LogP contribution in [0.5, 0.6) is 0 Å². The van der Waals surface area contributed by atoms with Crippen LogP contribution in [0.15, 0.2) is 12.1 Å². The summed E-state index contributed by atoms with van der Waals surface area (Å²) in [4.78, 5) is 5.16. The maximum atomic E-state index is 6.22. The first-order chi connectivity index (χ1) is 8.14. The molecular formula is C15H28N2S. The fraction of sp³-hybridized carbons (Fsp3) is 0.733. The molecule has 3 unspecified atom stereocenters. The van der Waals surface area contributed by atoms with E-state index in [9.17, 15) is 0 Å². The van der Waals surface area contributed by atoms with Gasteiger partial charge in [-0.25, -0.2) is 0 Å². The second-order valence-corrected chi connectivity index (χ2v) is 7.78. The third-order valence-corrected chi connectivity index (χ3v) is 4.93. The predicted molar refractivity (Wildman–Crippen MR) is 82.1 cm³/mol. The number of hydrogen-bond donors (Lipinski definition) is 1. The molecule has 1 rings (SSSR count). The molecule has 0 amide bonds. The molecule has 0 aromatic carbocycles. The summed E-state index contributed by atoms with van der Waals surface area (Å²) in [6.45, 7) is 13.4. The molecule has 0 aliphatic rings. The molecule has 0 bridgehead atoms. The maximum absolute atomic E-state index is 6.22. The van der Waals surface area contributed by atoms with Crippen LogP contribution in [-0.4, -0.2) is 24.0 Å². The minimum Gasteiger partial charge on any atom is -0.326 e. The van der Waals surface area contributed by atoms with Crippen LogP contribution in [0.2, 0.25) is 0 Å². The zero-order valence-corrected chi connectivity index (χ0v) is 13.6. The molecule has 0 saturated heterocycles. The number of hydrogen-bond acceptors (Lipinski definition) is 3. The number of aryl methyl sites for hydroxylation is 1. The average molecular weight is 268 g/mol. The van der Waals surface area contributed by atoms with E-state index in [0.717, 1.165) is 0 Å². The van der Waals surface area contributed by atoms with E-state index in [1.165, 1.54) is 9.75 Å². The standard InChI is InChI=1S/C15H28N2S/c1-10-8-9-13(18-10)14(11(2)16)17(7)12(3)15(4,5)6/h8-9,11-12,14H,16H2,1-7H3. The van der Waals surface area contributed by atoms with Gasteiger partial charge in [-0.05, 0) is 45.4 Å². The number of nitrogens with zero attached hydrogens (tertiary/aromatic N) is 1. The molecule has 2 N–H and O–H groups in total. The van der Waals surface area contributed by atoms with Gasteiger partial charge in [0.2, 0.25) is 0 Å². The zero-order chi connectivity index (χ0) is 14.1. The summed E-state index contributed by atoms with van der Waals surface area (Å²) in [7, 11) is 2.19. The molecule has 104 valence electrons. The Morgan fingerprint density at radius 3 is 2.11 bits per heavy atom. The van der Waals surface area contributed by atoms with Crippen molar-refractivity contribution in [2.24, 2.45) is 11.1 Å². The van der Waals surface area contributed by atoms with E-state index in [4.69, 9.17) is 5.73 Å². The second kappa shape index (κ2) is 5.72. The number of thiophene rings is 1. The van der Waals surface area contributed by atoms with Gasteiger partial charge in [0, 0.05) is 21.8 Å². The van der Waals surface area contributed by atoms with E-state index in [0.29, 0.717) is 12.1 Å². The van der Waals surface area contributed by atoms with Crippen molar-refractivity contribution in [1.29, 1.82) is 0 Å². The number of nitrogens with two attached hydrogens (primary N) is 1. The van der Waals surface area contributed by atoms with E-state index in [1.807, 2.05) is 11.3 Å². The van der Waals surface area contributed by atoms with Crippen LogP contribution in [-0.2, 0) is 0 Å². The predicted octanol–water partition coefficient (Wildman–Crippen LogP) is 3.81. The third kappa shape index (κ3) is 3.56. The molecule has 1 aromatic heterocycles. The second-order valence-electron chi connectivity index (χ2n) is 6.46. The lowest BCUT2D eigenvalue weighted by Crippen LogP contribution is -2.46. The minimum atomic E-state index is 0.137. The summed E-state index contributed by atoms with van der Waals surface area (Å²) in [6, 6.07) is 5.33. The first-order valence-electron chi connectivity index (χ1n) is 6.68. The van der Waals surface area contributed by atoms with Crippen molar-refractivity contribution in [2.75, 3.05) is 7.05 Å². The van der Waals surface area contributed by atoms with Crippen molar-refractivity contribution >= 4 is 11.3 Å². The van der Waals surface area contributed by atoms with Gasteiger partial charge in [0.15, 0.2) is 0 Å². The summed E-state index contributed by atoms with van der Waals surface area (Å²) < 4.78 is 0. The van der Waals surface area contributed by atoms with Crippen molar-refractivity contribution in [3.63, 3.8) is 0 Å². The Labute approximate surface area is 116 Å². The monoisotopic (exact) mass is 268 g/mol. The lowest BCUT2D eigenvalue weighted by atomic mass is 9.86. The van der Waals surface area contributed by atoms with Gasteiger partial charge in [0.05, 0.1) is 6.04 Å². The Morgan fingerprint density at radius 2 is 1.78 bits per heavy atom. The number of rotatable bonds is 4. The molecule has 1 aromatic rings. The SMILES string of the molecule is Cc1ccc(C(C(C)N)N(C)C(C)C(C)(C)C)s1. The van der Waals surface area contributed by atoms with Crippen molar-refractivity contribution < 1.29 is 0 Å². The largest absolute Gasteiger partial charge is 0.326 e. The molecule has 0 saturated carbocycles. The Morgan fingerprint density at radius 1 is 1.22 bits per heavy atom. The Kier molecular flexibility index (Phi) is 4.98. The zero-order valence-electron chi connectivity index (χ0n) is 12.8. The van der Waals surface area contributed by atoms with E-state index in [-0.39, 0.29) is 11.5 Å². The molecule has 2 nitrogen and oxygen atoms in total. The fourth-order valence-electron chi connectivity index (χ4n) is 2.29. The first-order valence-corrected chi connectivity index (χ1v) is 7.50. The van der Waals surface area contributed by atoms with Gasteiger partial charge < -0.3 is 5.73 Å². The molecule has 1 heterocycles. The summed E-state index contributed by atoms with van der Waals surface area (Å²) in [5.74, 6) is 0. The van der Waals surface area contributed by atoms with Gasteiger partial charge in [-0.1, -0.05) is 20.8 Å². The van der Waals surface area contributed by atoms with Crippen LogP contribution >= 0.6 is 11.3 Å². The Hall–Kier alpha value is -0.380. The van der Waals surface area contributed by atoms with Crippen LogP contribution in [0.25, 0.3) is 0 Å². The smallest absolute Gasteiger partial charge is 0.0590 e. The molecular weight excluding hydrogens is 240 g/mol. The fourth-order valence-corrected chi connectivity index (χ4v) is 3.44. The first kappa shape index (κ1) is 15.7. The van der Waals surface area contributed by atoms with E-state index in [1.54, 1.807) is 0 Å². The molecule has 0 aliphatic heterocycles. The van der Waals surface area contributed by atoms with E-state index >= 15 is 0 Å². The van der Waals surface area contributed by atoms with Crippen molar-refractivity contribution in [3.8, 4) is 0 Å². The molecule has 3 heteroatoms. The molecule has 0 fully saturated rings. The summed E-state index contributed by atoms with van der Waals surface area (Å²) in [5.41, 5.74) is 6.48. The summed E-state index contributed by atoms with van der Waals surface area (Å²) >= 11 is 1.86. The quantitative estimate of drug-likeness (QED) is 0.899. The Bertz CT molecular complexity index is 376. The van der Waals surface area contributed by atoms with Crippen LogP contribution in [0.4, 0.5) is 0 Å².